The lowest BCUT2D eigenvalue weighted by Gasteiger charge is -2.12. The Bertz CT molecular complexity index is 454. The molecule has 1 heterocycles. The first-order chi connectivity index (χ1) is 9.62. The van der Waals surface area contributed by atoms with Crippen molar-refractivity contribution in [2.75, 3.05) is 26.9 Å². The van der Waals surface area contributed by atoms with Crippen LogP contribution in [0.4, 0.5) is 0 Å². The summed E-state index contributed by atoms with van der Waals surface area (Å²) in [5, 5.41) is 3.35. The van der Waals surface area contributed by atoms with Crippen molar-refractivity contribution in [3.8, 4) is 11.8 Å². The summed E-state index contributed by atoms with van der Waals surface area (Å²) < 4.78 is 15.3. The lowest BCUT2D eigenvalue weighted by molar-refractivity contribution is -0.142. The van der Waals surface area contributed by atoms with Gasteiger partial charge in [0.05, 0.1) is 26.9 Å². The number of esters is 1. The molecule has 0 saturated heterocycles. The van der Waals surface area contributed by atoms with Gasteiger partial charge in [-0.3, -0.25) is 4.79 Å². The van der Waals surface area contributed by atoms with Crippen molar-refractivity contribution in [3.05, 3.63) is 16.7 Å². The van der Waals surface area contributed by atoms with Crippen molar-refractivity contribution >= 4 is 17.6 Å². The SMILES string of the molecule is CCOC(=O)CNCc1cc(Cl)c(OCC)nc1OC. The zero-order valence-electron chi connectivity index (χ0n) is 11.9. The van der Waals surface area contributed by atoms with Crippen LogP contribution in [0.15, 0.2) is 6.07 Å². The van der Waals surface area contributed by atoms with Gasteiger partial charge in [0, 0.05) is 12.1 Å². The van der Waals surface area contributed by atoms with Gasteiger partial charge in [0.15, 0.2) is 0 Å². The van der Waals surface area contributed by atoms with Crippen molar-refractivity contribution in [2.24, 2.45) is 0 Å². The third-order valence-electron chi connectivity index (χ3n) is 2.35. The van der Waals surface area contributed by atoms with E-state index in [0.717, 1.165) is 5.56 Å². The summed E-state index contributed by atoms with van der Waals surface area (Å²) in [6, 6.07) is 1.70. The normalized spacial score (nSPS) is 10.2. The summed E-state index contributed by atoms with van der Waals surface area (Å²) in [7, 11) is 1.51. The van der Waals surface area contributed by atoms with Crippen molar-refractivity contribution in [2.45, 2.75) is 20.4 Å². The number of ether oxygens (including phenoxy) is 3. The maximum Gasteiger partial charge on any atom is 0.319 e. The summed E-state index contributed by atoms with van der Waals surface area (Å²) in [4.78, 5) is 15.4. The van der Waals surface area contributed by atoms with Gasteiger partial charge in [0.2, 0.25) is 11.8 Å². The summed E-state index contributed by atoms with van der Waals surface area (Å²) in [5.41, 5.74) is 0.741. The molecule has 7 heteroatoms. The summed E-state index contributed by atoms with van der Waals surface area (Å²) >= 11 is 6.07. The lowest BCUT2D eigenvalue weighted by atomic mass is 10.2. The molecule has 0 aliphatic carbocycles. The molecule has 0 aliphatic heterocycles. The molecule has 112 valence electrons. The van der Waals surface area contributed by atoms with Gasteiger partial charge in [0.25, 0.3) is 0 Å². The molecule has 20 heavy (non-hydrogen) atoms. The Morgan fingerprint density at radius 1 is 1.35 bits per heavy atom. The van der Waals surface area contributed by atoms with E-state index in [1.165, 1.54) is 7.11 Å². The molecule has 0 spiro atoms. The minimum Gasteiger partial charge on any atom is -0.481 e. The summed E-state index contributed by atoms with van der Waals surface area (Å²) in [6.07, 6.45) is 0. The molecule has 0 amide bonds. The zero-order valence-corrected chi connectivity index (χ0v) is 12.6. The molecule has 0 aromatic carbocycles. The molecule has 0 aliphatic rings. The molecule has 6 nitrogen and oxygen atoms in total. The van der Waals surface area contributed by atoms with E-state index in [9.17, 15) is 4.79 Å². The average molecular weight is 303 g/mol. The second kappa shape index (κ2) is 8.60. The third kappa shape index (κ3) is 4.86. The van der Waals surface area contributed by atoms with Crippen LogP contribution in [0, 0.1) is 0 Å². The number of carbonyl (C=O) groups is 1. The highest BCUT2D eigenvalue weighted by Crippen LogP contribution is 2.28. The van der Waals surface area contributed by atoms with Crippen molar-refractivity contribution in [1.29, 1.82) is 0 Å². The fourth-order valence-electron chi connectivity index (χ4n) is 1.55. The first-order valence-corrected chi connectivity index (χ1v) is 6.72. The number of hydrogen-bond acceptors (Lipinski definition) is 6. The van der Waals surface area contributed by atoms with Gasteiger partial charge in [-0.2, -0.15) is 4.98 Å². The van der Waals surface area contributed by atoms with E-state index in [-0.39, 0.29) is 12.5 Å². The first-order valence-electron chi connectivity index (χ1n) is 6.34. The van der Waals surface area contributed by atoms with E-state index in [1.807, 2.05) is 6.92 Å². The Morgan fingerprint density at radius 2 is 2.10 bits per heavy atom. The maximum absolute atomic E-state index is 11.2. The van der Waals surface area contributed by atoms with Crippen molar-refractivity contribution in [3.63, 3.8) is 0 Å². The Kier molecular flexibility index (Phi) is 7.11. The minimum absolute atomic E-state index is 0.113. The van der Waals surface area contributed by atoms with Gasteiger partial charge in [-0.25, -0.2) is 0 Å². The topological polar surface area (TPSA) is 69.7 Å². The standard InChI is InChI=1S/C13H19ClN2O4/c1-4-19-11(17)8-15-7-9-6-10(14)13(20-5-2)16-12(9)18-3/h6,15H,4-5,7-8H2,1-3H3. The van der Waals surface area contributed by atoms with E-state index in [0.29, 0.717) is 36.5 Å². The van der Waals surface area contributed by atoms with Crippen LogP contribution >= 0.6 is 11.6 Å². The van der Waals surface area contributed by atoms with Gasteiger partial charge < -0.3 is 19.5 Å². The van der Waals surface area contributed by atoms with Crippen LogP contribution in [-0.2, 0) is 16.1 Å². The predicted molar refractivity (Wildman–Crippen MR) is 75.3 cm³/mol. The van der Waals surface area contributed by atoms with E-state index < -0.39 is 0 Å². The first kappa shape index (κ1) is 16.5. The molecule has 1 rings (SSSR count). The molecule has 1 N–H and O–H groups in total. The fraction of sp³-hybridized carbons (Fsp3) is 0.538. The third-order valence-corrected chi connectivity index (χ3v) is 2.62. The number of hydrogen-bond donors (Lipinski definition) is 1. The second-order valence-electron chi connectivity index (χ2n) is 3.79. The van der Waals surface area contributed by atoms with Crippen LogP contribution in [0.5, 0.6) is 11.8 Å². The number of methoxy groups -OCH3 is 1. The minimum atomic E-state index is -0.309. The monoisotopic (exact) mass is 302 g/mol. The highest BCUT2D eigenvalue weighted by Gasteiger charge is 2.12. The van der Waals surface area contributed by atoms with Crippen LogP contribution < -0.4 is 14.8 Å². The van der Waals surface area contributed by atoms with Crippen LogP contribution in [0.2, 0.25) is 5.02 Å². The van der Waals surface area contributed by atoms with Gasteiger partial charge in [-0.1, -0.05) is 11.6 Å². The van der Waals surface area contributed by atoms with Gasteiger partial charge in [-0.05, 0) is 19.9 Å². The van der Waals surface area contributed by atoms with Crippen LogP contribution in [0.25, 0.3) is 0 Å². The molecule has 0 radical (unpaired) electrons. The number of halogens is 1. The molecular formula is C13H19ClN2O4. The molecule has 0 atom stereocenters. The average Bonchev–Trinajstić information content (AvgIpc) is 2.42. The smallest absolute Gasteiger partial charge is 0.319 e. The number of nitrogens with zero attached hydrogens (tertiary/aromatic N) is 1. The number of aromatic nitrogens is 1. The molecule has 0 bridgehead atoms. The molecule has 1 aromatic rings. The Morgan fingerprint density at radius 3 is 2.70 bits per heavy atom. The van der Waals surface area contributed by atoms with E-state index in [1.54, 1.807) is 13.0 Å². The maximum atomic E-state index is 11.2. The molecule has 0 saturated carbocycles. The van der Waals surface area contributed by atoms with Crippen molar-refractivity contribution < 1.29 is 19.0 Å². The van der Waals surface area contributed by atoms with Crippen LogP contribution in [0.3, 0.4) is 0 Å². The zero-order chi connectivity index (χ0) is 15.0. The molecule has 0 fully saturated rings. The van der Waals surface area contributed by atoms with E-state index in [2.05, 4.69) is 10.3 Å². The number of pyridine rings is 1. The van der Waals surface area contributed by atoms with Crippen molar-refractivity contribution in [1.82, 2.24) is 10.3 Å². The van der Waals surface area contributed by atoms with Gasteiger partial charge in [-0.15, -0.1) is 0 Å². The molecule has 1 aromatic heterocycles. The predicted octanol–water partition coefficient (Wildman–Crippen LogP) is 1.79. The largest absolute Gasteiger partial charge is 0.481 e. The molecular weight excluding hydrogens is 284 g/mol. The number of carbonyl (C=O) groups excluding carboxylic acids is 1. The Hall–Kier alpha value is -1.53. The van der Waals surface area contributed by atoms with Crippen LogP contribution in [0.1, 0.15) is 19.4 Å². The van der Waals surface area contributed by atoms with E-state index in [4.69, 9.17) is 25.8 Å². The Balaban J connectivity index is 2.69. The van der Waals surface area contributed by atoms with Gasteiger partial charge >= 0.3 is 5.97 Å². The number of nitrogens with one attached hydrogen (secondary N) is 1. The fourth-order valence-corrected chi connectivity index (χ4v) is 1.77. The van der Waals surface area contributed by atoms with Gasteiger partial charge in [0.1, 0.15) is 5.02 Å². The summed E-state index contributed by atoms with van der Waals surface area (Å²) in [6.45, 7) is 4.94. The quantitative estimate of drug-likeness (QED) is 0.738. The second-order valence-corrected chi connectivity index (χ2v) is 4.19. The molecule has 0 unspecified atom stereocenters. The highest BCUT2D eigenvalue weighted by atomic mass is 35.5. The lowest BCUT2D eigenvalue weighted by Crippen LogP contribution is -2.24. The summed E-state index contributed by atoms with van der Waals surface area (Å²) in [5.74, 6) is 0.436. The van der Waals surface area contributed by atoms with Crippen LogP contribution in [-0.4, -0.2) is 37.8 Å². The van der Waals surface area contributed by atoms with E-state index >= 15 is 0 Å². The number of rotatable bonds is 8. The Labute approximate surface area is 123 Å². The highest BCUT2D eigenvalue weighted by molar-refractivity contribution is 6.31.